The third-order valence-electron chi connectivity index (χ3n) is 7.09. The Bertz CT molecular complexity index is 1710. The van der Waals surface area contributed by atoms with Gasteiger partial charge in [-0.25, -0.2) is 4.98 Å². The summed E-state index contributed by atoms with van der Waals surface area (Å²) in [4.78, 5) is 33.4. The van der Waals surface area contributed by atoms with E-state index in [1.54, 1.807) is 50.4 Å². The van der Waals surface area contributed by atoms with Crippen LogP contribution in [0.5, 0.6) is 5.75 Å². The maximum atomic E-state index is 13.9. The number of rotatable bonds is 4. The quantitative estimate of drug-likeness (QED) is 0.295. The molecule has 1 aliphatic heterocycles. The Morgan fingerprint density at radius 3 is 2.55 bits per heavy atom. The number of thiocarbonyl (C=S) groups is 1. The van der Waals surface area contributed by atoms with Gasteiger partial charge in [0.15, 0.2) is 0 Å². The molecule has 1 amide bonds. The van der Waals surface area contributed by atoms with Crippen LogP contribution in [0.2, 0.25) is 5.02 Å². The molecule has 11 heteroatoms. The van der Waals surface area contributed by atoms with Crippen LogP contribution in [0.25, 0.3) is 16.6 Å². The number of nitrogens with zero attached hydrogens (tertiary/aromatic N) is 5. The van der Waals surface area contributed by atoms with Crippen LogP contribution >= 0.6 is 23.8 Å². The minimum absolute atomic E-state index is 0.231. The highest BCUT2D eigenvalue weighted by atomic mass is 35.5. The van der Waals surface area contributed by atoms with E-state index in [0.29, 0.717) is 28.7 Å². The second-order valence-electron chi connectivity index (χ2n) is 11.1. The molecule has 210 valence electrons. The van der Waals surface area contributed by atoms with Crippen molar-refractivity contribution in [2.24, 2.45) is 0 Å². The van der Waals surface area contributed by atoms with E-state index in [1.165, 1.54) is 0 Å². The average Bonchev–Trinajstić information content (AvgIpc) is 3.46. The lowest BCUT2D eigenvalue weighted by molar-refractivity contribution is 0.0512. The zero-order valence-corrected chi connectivity index (χ0v) is 25.1. The fourth-order valence-electron chi connectivity index (χ4n) is 5.28. The van der Waals surface area contributed by atoms with Gasteiger partial charge in [0.05, 0.1) is 35.7 Å². The second-order valence-corrected chi connectivity index (χ2v) is 11.9. The normalized spacial score (nSPS) is 16.2. The van der Waals surface area contributed by atoms with Crippen molar-refractivity contribution < 1.29 is 14.3 Å². The lowest BCUT2D eigenvalue weighted by Crippen LogP contribution is -2.50. The van der Waals surface area contributed by atoms with Gasteiger partial charge in [0.2, 0.25) is 0 Å². The van der Waals surface area contributed by atoms with E-state index in [9.17, 15) is 9.59 Å². The van der Waals surface area contributed by atoms with Gasteiger partial charge in [-0.1, -0.05) is 11.6 Å². The van der Waals surface area contributed by atoms with E-state index in [2.05, 4.69) is 4.98 Å². The summed E-state index contributed by atoms with van der Waals surface area (Å²) in [7, 11) is 1.56. The number of carbonyl (C=O) groups is 1. The Morgan fingerprint density at radius 2 is 1.93 bits per heavy atom. The smallest absolute Gasteiger partial charge is 0.275 e. The van der Waals surface area contributed by atoms with Crippen molar-refractivity contribution in [1.29, 1.82) is 0 Å². The SMILES string of the molecule is COc1cc2c(cc1Cl)c(C(C)N1C(=O)c3ccc(-n4cnc(C)c4)c(=O)n3CC1C)cn2C(=S)OC(C)(C)C. The topological polar surface area (TPSA) is 83.5 Å². The highest BCUT2D eigenvalue weighted by Gasteiger charge is 2.36. The molecular weight excluding hydrogens is 550 g/mol. The lowest BCUT2D eigenvalue weighted by Gasteiger charge is -2.39. The van der Waals surface area contributed by atoms with Gasteiger partial charge in [-0.05, 0) is 72.0 Å². The standard InChI is InChI=1S/C29H32ClN5O4S/c1-16-12-32(15-31-16)22-8-9-23-27(37)35(17(2)13-33(23)26(22)36)18(3)20-14-34(28(40)39-29(4,5)6)24-11-25(38-7)21(30)10-19(20)24/h8-12,14-15,17-18H,13H2,1-7H3. The van der Waals surface area contributed by atoms with Crippen molar-refractivity contribution >= 4 is 45.8 Å². The molecule has 2 unspecified atom stereocenters. The fraction of sp³-hybridized carbons (Fsp3) is 0.379. The maximum absolute atomic E-state index is 13.9. The summed E-state index contributed by atoms with van der Waals surface area (Å²) >= 11 is 12.2. The van der Waals surface area contributed by atoms with Crippen molar-refractivity contribution in [3.8, 4) is 11.4 Å². The summed E-state index contributed by atoms with van der Waals surface area (Å²) in [5.41, 5.74) is 2.46. The first-order valence-corrected chi connectivity index (χ1v) is 13.8. The third kappa shape index (κ3) is 4.79. The Labute approximate surface area is 242 Å². The molecule has 0 saturated carbocycles. The number of hydrogen-bond donors (Lipinski definition) is 0. The highest BCUT2D eigenvalue weighted by Crippen LogP contribution is 2.38. The Kier molecular flexibility index (Phi) is 7.04. The average molecular weight is 582 g/mol. The largest absolute Gasteiger partial charge is 0.495 e. The van der Waals surface area contributed by atoms with Crippen molar-refractivity contribution in [2.45, 2.75) is 65.8 Å². The van der Waals surface area contributed by atoms with Crippen LogP contribution in [-0.4, -0.2) is 53.4 Å². The van der Waals surface area contributed by atoms with Crippen LogP contribution in [0.1, 0.15) is 62.4 Å². The van der Waals surface area contributed by atoms with Crippen molar-refractivity contribution in [2.75, 3.05) is 7.11 Å². The number of pyridine rings is 1. The van der Waals surface area contributed by atoms with Gasteiger partial charge in [0, 0.05) is 42.0 Å². The van der Waals surface area contributed by atoms with E-state index in [0.717, 1.165) is 22.2 Å². The lowest BCUT2D eigenvalue weighted by atomic mass is 10.0. The van der Waals surface area contributed by atoms with Gasteiger partial charge >= 0.3 is 0 Å². The minimum Gasteiger partial charge on any atom is -0.495 e. The molecule has 4 heterocycles. The molecule has 0 radical (unpaired) electrons. The van der Waals surface area contributed by atoms with Gasteiger partial charge in [0.25, 0.3) is 16.6 Å². The van der Waals surface area contributed by atoms with Crippen LogP contribution in [0, 0.1) is 6.92 Å². The first kappa shape index (κ1) is 27.9. The monoisotopic (exact) mass is 581 g/mol. The first-order chi connectivity index (χ1) is 18.8. The van der Waals surface area contributed by atoms with Gasteiger partial charge in [-0.2, -0.15) is 0 Å². The highest BCUT2D eigenvalue weighted by molar-refractivity contribution is 7.80. The molecule has 2 atom stereocenters. The van der Waals surface area contributed by atoms with Crippen LogP contribution in [-0.2, 0) is 11.3 Å². The third-order valence-corrected chi connectivity index (χ3v) is 7.66. The summed E-state index contributed by atoms with van der Waals surface area (Å²) in [5.74, 6) is 0.275. The molecule has 0 fully saturated rings. The van der Waals surface area contributed by atoms with Gasteiger partial charge in [0.1, 0.15) is 22.7 Å². The number of carbonyl (C=O) groups excluding carboxylic acids is 1. The molecule has 1 aromatic carbocycles. The van der Waals surface area contributed by atoms with Crippen LogP contribution in [0.15, 0.2) is 47.8 Å². The zero-order chi connectivity index (χ0) is 29.1. The molecule has 0 spiro atoms. The predicted molar refractivity (Wildman–Crippen MR) is 159 cm³/mol. The molecule has 5 rings (SSSR count). The van der Waals surface area contributed by atoms with E-state index in [-0.39, 0.29) is 28.7 Å². The number of aromatic nitrogens is 4. The predicted octanol–water partition coefficient (Wildman–Crippen LogP) is 5.51. The Balaban J connectivity index is 1.58. The number of imidazole rings is 1. The molecule has 4 aromatic rings. The zero-order valence-electron chi connectivity index (χ0n) is 23.6. The van der Waals surface area contributed by atoms with E-state index in [1.807, 2.05) is 59.9 Å². The molecule has 40 heavy (non-hydrogen) atoms. The van der Waals surface area contributed by atoms with Crippen LogP contribution < -0.4 is 10.3 Å². The number of aryl methyl sites for hydroxylation is 1. The molecular formula is C29H32ClN5O4S. The van der Waals surface area contributed by atoms with Gasteiger partial charge in [-0.3, -0.25) is 14.2 Å². The molecule has 0 N–H and O–H groups in total. The number of ether oxygens (including phenoxy) is 2. The van der Waals surface area contributed by atoms with E-state index < -0.39 is 5.60 Å². The number of amides is 1. The summed E-state index contributed by atoms with van der Waals surface area (Å²) in [6, 6.07) is 6.39. The molecule has 0 bridgehead atoms. The molecule has 3 aromatic heterocycles. The van der Waals surface area contributed by atoms with Crippen molar-refractivity contribution in [3.05, 3.63) is 75.3 Å². The molecule has 0 aliphatic carbocycles. The number of fused-ring (bicyclic) bond motifs is 2. The van der Waals surface area contributed by atoms with Crippen molar-refractivity contribution in [1.82, 2.24) is 23.6 Å². The Hall–Kier alpha value is -3.63. The van der Waals surface area contributed by atoms with E-state index in [4.69, 9.17) is 33.3 Å². The molecule has 9 nitrogen and oxygen atoms in total. The minimum atomic E-state index is -0.501. The van der Waals surface area contributed by atoms with E-state index >= 15 is 0 Å². The second kappa shape index (κ2) is 10.1. The maximum Gasteiger partial charge on any atom is 0.275 e. The van der Waals surface area contributed by atoms with Crippen LogP contribution in [0.3, 0.4) is 0 Å². The summed E-state index contributed by atoms with van der Waals surface area (Å²) < 4.78 is 16.5. The number of benzene rings is 1. The van der Waals surface area contributed by atoms with Crippen molar-refractivity contribution in [3.63, 3.8) is 0 Å². The number of methoxy groups -OCH3 is 1. The van der Waals surface area contributed by atoms with Crippen LogP contribution in [0.4, 0.5) is 0 Å². The number of hydrogen-bond acceptors (Lipinski definition) is 6. The molecule has 0 saturated heterocycles. The fourth-order valence-corrected chi connectivity index (χ4v) is 5.92. The first-order valence-electron chi connectivity index (χ1n) is 13.0. The number of halogens is 1. The van der Waals surface area contributed by atoms with Gasteiger partial charge in [-0.15, -0.1) is 0 Å². The summed E-state index contributed by atoms with van der Waals surface area (Å²) in [6.45, 7) is 11.9. The summed E-state index contributed by atoms with van der Waals surface area (Å²) in [6.07, 6.45) is 5.28. The summed E-state index contributed by atoms with van der Waals surface area (Å²) in [5, 5.41) is 1.55. The Morgan fingerprint density at radius 1 is 1.20 bits per heavy atom. The molecule has 1 aliphatic rings. The van der Waals surface area contributed by atoms with Gasteiger partial charge < -0.3 is 23.5 Å².